The second-order valence-corrected chi connectivity index (χ2v) is 45.9. The Kier molecular flexibility index (Phi) is 50.0. The minimum absolute atomic E-state index is 0. The van der Waals surface area contributed by atoms with Gasteiger partial charge in [-0.05, 0) is 226 Å². The molecule has 0 saturated heterocycles. The van der Waals surface area contributed by atoms with E-state index in [4.69, 9.17) is 62.0 Å². The second-order valence-electron chi connectivity index (χ2n) is 32.7. The average Bonchev–Trinajstić information content (AvgIpc) is 1.59. The quantitative estimate of drug-likeness (QED) is 0.00897. The maximum Gasteiger partial charge on any atom is 2.00 e. The predicted molar refractivity (Wildman–Crippen MR) is 575 cm³/mol. The van der Waals surface area contributed by atoms with Crippen LogP contribution in [0.4, 0.5) is 26.3 Å². The molecule has 752 valence electrons. The summed E-state index contributed by atoms with van der Waals surface area (Å²) in [4.78, 5) is 91.4. The van der Waals surface area contributed by atoms with Gasteiger partial charge in [-0.15, -0.1) is 79.4 Å². The predicted octanol–water partition coefficient (Wildman–Crippen LogP) is 31.6. The van der Waals surface area contributed by atoms with Crippen molar-refractivity contribution in [3.63, 3.8) is 0 Å². The summed E-state index contributed by atoms with van der Waals surface area (Å²) in [6.45, 7) is 21.9. The van der Waals surface area contributed by atoms with Crippen molar-refractivity contribution in [2.45, 2.75) is 188 Å². The summed E-state index contributed by atoms with van der Waals surface area (Å²) in [5.74, 6) is 1.25. The van der Waals surface area contributed by atoms with Crippen LogP contribution in [0, 0.1) is 10.8 Å². The number of thiophene rings is 6. The van der Waals surface area contributed by atoms with Gasteiger partial charge in [0.2, 0.25) is 0 Å². The van der Waals surface area contributed by atoms with Crippen molar-refractivity contribution in [3.8, 4) is 131 Å². The molecular weight excluding hydrogens is 2190 g/mol. The fourth-order valence-electron chi connectivity index (χ4n) is 15.7. The minimum Gasteiger partial charge on any atom is -0.753 e. The maximum absolute atomic E-state index is 12.6. The zero-order chi connectivity index (χ0) is 103. The number of halogens is 6. The molecule has 144 heavy (non-hydrogen) atoms. The third kappa shape index (κ3) is 35.1. The Balaban J connectivity index is 0.000000258. The number of carbonyl (C=O) groups excluding carboxylic acids is 4. The van der Waals surface area contributed by atoms with Crippen molar-refractivity contribution >= 4 is 164 Å². The Morgan fingerprint density at radius 2 is 0.708 bits per heavy atom. The molecule has 0 atom stereocenters. The second kappa shape index (κ2) is 60.3. The van der Waals surface area contributed by atoms with Gasteiger partial charge in [-0.3, -0.25) is 59.9 Å². The summed E-state index contributed by atoms with van der Waals surface area (Å²) in [6.07, 6.45) is 19.0. The van der Waals surface area contributed by atoms with E-state index < -0.39 is 43.2 Å². The number of alkyl halides is 6. The van der Waals surface area contributed by atoms with E-state index in [1.165, 1.54) is 144 Å². The molecule has 0 aliphatic rings. The SMILES string of the molecule is CC(C)[Si](c1ccc(-c2ccnc(/C([NH-])=C/C(=N)C(F)(F)F)c2)s1)(C(C)C)C(C)C.CCCCCCc1ccc(-c2ccc(-c3ccnc(-c4cc(OC=O)cc(-c5cc(OC=O)ccn5)n4)c3)s2)s1.CCCCCCc1ccc(-c2ccc(-c3ccnc(-c4cc(OC=O)cc(-c5cc(OC=O)ccn5)n4)c3)s2)s1.CCCCCCc1sccc1-c1ccnc(/C([NH-])=C/C(=N)C(F)(F)F)c1.[N-]=C=S.[N-]=C=S.[Ru+2].[Ru+2]. The molecule has 0 aliphatic carbocycles. The summed E-state index contributed by atoms with van der Waals surface area (Å²) in [7, 11) is -1.79. The Hall–Kier alpha value is -11.7. The van der Waals surface area contributed by atoms with Crippen LogP contribution in [0.15, 0.2) is 219 Å². The number of pyridine rings is 8. The molecule has 0 fully saturated rings. The first-order valence-electron chi connectivity index (χ1n) is 45.3. The number of ether oxygens (including phenoxy) is 4. The zero-order valence-corrected chi connectivity index (χ0v) is 90.9. The van der Waals surface area contributed by atoms with E-state index in [1.54, 1.807) is 124 Å². The monoisotopic (exact) mass is 2290 g/mol. The molecule has 0 bridgehead atoms. The summed E-state index contributed by atoms with van der Waals surface area (Å²) >= 11 is 18.0. The molecule has 0 unspecified atom stereocenters. The number of nitrogens with zero attached hydrogens (tertiary/aromatic N) is 10. The van der Waals surface area contributed by atoms with Crippen molar-refractivity contribution in [1.29, 1.82) is 10.8 Å². The molecule has 0 aromatic carbocycles. The van der Waals surface area contributed by atoms with Crippen LogP contribution in [-0.2, 0) is 77.4 Å². The summed E-state index contributed by atoms with van der Waals surface area (Å²) < 4.78 is 96.9. The normalized spacial score (nSPS) is 11.2. The summed E-state index contributed by atoms with van der Waals surface area (Å²) in [5.41, 5.74) is 22.6. The van der Waals surface area contributed by atoms with Crippen LogP contribution >= 0.6 is 92.5 Å². The van der Waals surface area contributed by atoms with Crippen LogP contribution < -0.4 is 23.4 Å². The number of carbonyl (C=O) groups is 4. The van der Waals surface area contributed by atoms with Gasteiger partial charge in [-0.2, -0.15) is 36.7 Å². The van der Waals surface area contributed by atoms with Crippen LogP contribution in [0.2, 0.25) is 16.6 Å². The van der Waals surface area contributed by atoms with Crippen LogP contribution in [0.3, 0.4) is 0 Å². The van der Waals surface area contributed by atoms with Crippen molar-refractivity contribution in [1.82, 2.24) is 39.9 Å². The molecule has 0 saturated carbocycles. The molecule has 39 heteroatoms. The molecule has 0 amide bonds. The van der Waals surface area contributed by atoms with Crippen molar-refractivity contribution in [2.24, 2.45) is 0 Å². The fourth-order valence-corrected chi connectivity index (χ4v) is 31.0. The Bertz CT molecular complexity index is 6410. The van der Waals surface area contributed by atoms with Crippen LogP contribution in [0.1, 0.15) is 165 Å². The van der Waals surface area contributed by atoms with E-state index >= 15 is 0 Å². The number of nitrogens with one attached hydrogen (secondary N) is 4. The summed E-state index contributed by atoms with van der Waals surface area (Å²) in [5, 5.41) is 33.0. The Morgan fingerprint density at radius 3 is 1.09 bits per heavy atom. The Labute approximate surface area is 895 Å². The number of rotatable bonds is 41. The van der Waals surface area contributed by atoms with E-state index in [1.807, 2.05) is 64.5 Å². The standard InChI is InChI=1S/2C31H27N3O4S2.C22H29F3N3SSi.C19H21F3N3S.2CNS.2Ru/c2*1-2-3-4-5-6-24-7-8-30(39-24)31-10-9-29(40-31)21-11-13-32-25(15-21)27-17-23(38-20-36)18-28(34-27)26-16-22(37-19-35)12-14-33-26;1-13(2)30(14(3)4,15(5)6)21-8-7-19(29-21)16-9-10-28-18(11-16)17(26)12-20(27)22(23,24)25;1-2-3-4-5-6-17-14(8-10-26-17)13-7-9-25-16(11-13)15(23)12-18(24)19(20,21)22;2*2-1-3;;/h2*7-20H,2-6H2,1H3;7-15,26-27H,1-6H3;7-12,23-24H,2-6H2,1H3;;;;/q;;4*-1;2*+2/b;;17-12-,27-20?;15-12-,24-18?;;;;. The summed E-state index contributed by atoms with van der Waals surface area (Å²) in [6, 6.07) is 51.4. The first-order valence-corrected chi connectivity index (χ1v) is 53.3. The molecule has 14 aromatic heterocycles. The zero-order valence-electron chi connectivity index (χ0n) is 79.9. The van der Waals surface area contributed by atoms with Crippen LogP contribution in [0.25, 0.3) is 141 Å². The molecule has 4 N–H and O–H groups in total. The van der Waals surface area contributed by atoms with E-state index in [0.717, 1.165) is 68.1 Å². The van der Waals surface area contributed by atoms with Crippen LogP contribution in [0.5, 0.6) is 23.0 Å². The van der Waals surface area contributed by atoms with Gasteiger partial charge in [0.15, 0.2) is 0 Å². The molecule has 0 aliphatic heterocycles. The van der Waals surface area contributed by atoms with E-state index in [9.17, 15) is 45.5 Å². The van der Waals surface area contributed by atoms with Gasteiger partial charge >= 0.3 is 51.3 Å². The van der Waals surface area contributed by atoms with Gasteiger partial charge in [-0.25, -0.2) is 9.97 Å². The number of thiocarbonyl (C=S) groups is 2. The van der Waals surface area contributed by atoms with Crippen molar-refractivity contribution < 1.29 is 103 Å². The smallest absolute Gasteiger partial charge is 0.753 e. The van der Waals surface area contributed by atoms with Gasteiger partial charge < -0.3 is 41.2 Å². The number of aromatic nitrogens is 8. The molecule has 0 spiro atoms. The molecule has 0 radical (unpaired) electrons. The third-order valence-corrected chi connectivity index (χ3v) is 37.3. The number of hydrogen-bond acceptors (Lipinski definition) is 26. The largest absolute Gasteiger partial charge is 2.00 e. The molecule has 14 heterocycles. The maximum atomic E-state index is 12.6. The van der Waals surface area contributed by atoms with E-state index in [0.29, 0.717) is 123 Å². The molecule has 14 rings (SSSR count). The van der Waals surface area contributed by atoms with Gasteiger partial charge in [0.1, 0.15) is 42.5 Å². The average molecular weight is 2290 g/mol. The van der Waals surface area contributed by atoms with Gasteiger partial charge in [-0.1, -0.05) is 151 Å². The van der Waals surface area contributed by atoms with E-state index in [2.05, 4.69) is 177 Å². The van der Waals surface area contributed by atoms with Gasteiger partial charge in [0.05, 0.1) is 45.6 Å². The van der Waals surface area contributed by atoms with E-state index in [-0.39, 0.29) is 50.3 Å². The molecular formula is C105H104F6N14O8Ru2S8Si. The number of isothiocyanates is 2. The van der Waals surface area contributed by atoms with Gasteiger partial charge in [0.25, 0.3) is 25.9 Å². The topological polar surface area (TPSA) is 348 Å². The first kappa shape index (κ1) is 119. The molecule has 22 nitrogen and oxygen atoms in total. The van der Waals surface area contributed by atoms with Crippen LogP contribution in [-0.4, -0.2) is 108 Å². The third-order valence-electron chi connectivity index (χ3n) is 22.3. The first-order chi connectivity index (χ1) is 68.3. The molecule has 14 aromatic rings. The van der Waals surface area contributed by atoms with Crippen molar-refractivity contribution in [2.75, 3.05) is 0 Å². The number of hydrogen-bond donors (Lipinski definition) is 2. The number of allylic oxidation sites excluding steroid dienone is 2. The number of aryl methyl sites for hydroxylation is 3. The Morgan fingerprint density at radius 1 is 0.396 bits per heavy atom. The van der Waals surface area contributed by atoms with Crippen molar-refractivity contribution in [3.05, 3.63) is 267 Å². The van der Waals surface area contributed by atoms with Gasteiger partial charge in [0, 0.05) is 134 Å². The number of unbranched alkanes of at least 4 members (excludes halogenated alkanes) is 9. The fraction of sp³-hybridized carbons (Fsp3) is 0.276. The minimum atomic E-state index is -4.77.